The molecule has 3 heteroatoms. The van der Waals surface area contributed by atoms with Crippen molar-refractivity contribution in [2.24, 2.45) is 5.10 Å². The van der Waals surface area contributed by atoms with Crippen LogP contribution >= 0.6 is 0 Å². The van der Waals surface area contributed by atoms with Crippen LogP contribution in [0.2, 0.25) is 0 Å². The van der Waals surface area contributed by atoms with Crippen LogP contribution in [-0.2, 0) is 0 Å². The summed E-state index contributed by atoms with van der Waals surface area (Å²) in [4.78, 5) is 0. The summed E-state index contributed by atoms with van der Waals surface area (Å²) in [7, 11) is 0.711. The molecule has 0 saturated heterocycles. The van der Waals surface area contributed by atoms with Gasteiger partial charge in [-0.05, 0) is 5.67 Å². The molecule has 0 fully saturated rings. The summed E-state index contributed by atoms with van der Waals surface area (Å²) in [5.41, 5.74) is 1.99. The smallest absolute Gasteiger partial charge is 0.180 e. The third kappa shape index (κ3) is 0.415. The van der Waals surface area contributed by atoms with Crippen molar-refractivity contribution < 1.29 is 0 Å². The van der Waals surface area contributed by atoms with Crippen LogP contribution in [0.15, 0.2) is 5.10 Å². The Labute approximate surface area is 32.4 Å². The minimum absolute atomic E-state index is 0.711. The van der Waals surface area contributed by atoms with Gasteiger partial charge in [-0.3, -0.25) is 0 Å². The molecule has 1 heterocycles. The Kier molecular flexibility index (Phi) is 0.622. The minimum Gasteiger partial charge on any atom is -0.315 e. The highest BCUT2D eigenvalue weighted by molar-refractivity contribution is 6.59. The van der Waals surface area contributed by atoms with E-state index < -0.39 is 0 Å². The Morgan fingerprint density at radius 1 is 1.80 bits per heavy atom. The van der Waals surface area contributed by atoms with Crippen LogP contribution in [0, 0.1) is 0 Å². The lowest BCUT2D eigenvalue weighted by atomic mass is 10.9. The van der Waals surface area contributed by atoms with E-state index in [2.05, 4.69) is 10.2 Å². The number of hydrazone groups is 1. The van der Waals surface area contributed by atoms with Crippen molar-refractivity contribution in [1.82, 2.24) is 5.09 Å². The molecule has 0 aromatic heterocycles. The van der Waals surface area contributed by atoms with Gasteiger partial charge in [0.2, 0.25) is 0 Å². The molecule has 0 bridgehead atoms. The number of hydrogen-bond acceptors (Lipinski definition) is 2. The van der Waals surface area contributed by atoms with E-state index in [1.807, 2.05) is 5.67 Å². The Morgan fingerprint density at radius 3 is 3.00 bits per heavy atom. The number of nitrogens with zero attached hydrogens (tertiary/aromatic N) is 1. The predicted octanol–water partition coefficient (Wildman–Crippen LogP) is -1.00. The molecule has 0 aliphatic carbocycles. The summed E-state index contributed by atoms with van der Waals surface area (Å²) in [5, 5.41) is 6.43. The summed E-state index contributed by atoms with van der Waals surface area (Å²) in [6.07, 6.45) is 1.76. The first kappa shape index (κ1) is 2.78. The van der Waals surface area contributed by atoms with Gasteiger partial charge in [-0.15, -0.1) is 0 Å². The van der Waals surface area contributed by atoms with Crippen LogP contribution in [0.4, 0.5) is 0 Å². The number of rotatable bonds is 0. The first-order valence-electron chi connectivity index (χ1n) is 1.35. The summed E-state index contributed by atoms with van der Waals surface area (Å²) in [6.45, 7) is 0. The normalized spacial score (nSPS) is 16.0. The highest BCUT2D eigenvalue weighted by Gasteiger charge is 1.71. The molecule has 5 heavy (non-hydrogen) atoms. The quantitative estimate of drug-likeness (QED) is 0.373. The molecule has 0 unspecified atom stereocenters. The van der Waals surface area contributed by atoms with Gasteiger partial charge in [0.25, 0.3) is 0 Å². The molecule has 0 atom stereocenters. The monoisotopic (exact) mass is 83.0 g/mol. The third-order valence-electron chi connectivity index (χ3n) is 0.362. The molecular weight excluding hydrogens is 80.1 g/mol. The molecule has 1 aliphatic rings. The fraction of sp³-hybridized carbons (Fsp3) is 0. The molecule has 0 spiro atoms. The highest BCUT2D eigenvalue weighted by atomic mass is 28.2. The van der Waals surface area contributed by atoms with Crippen molar-refractivity contribution in [2.75, 3.05) is 0 Å². The van der Waals surface area contributed by atoms with E-state index in [0.29, 0.717) is 9.29 Å². The number of hydrogen-bond donors (Lipinski definition) is 1. The maximum absolute atomic E-state index is 3.67. The lowest BCUT2D eigenvalue weighted by Gasteiger charge is -1.68. The van der Waals surface area contributed by atoms with E-state index in [1.165, 1.54) is 0 Å². The van der Waals surface area contributed by atoms with Gasteiger partial charge < -0.3 is 5.09 Å². The molecule has 2 nitrogen and oxygen atoms in total. The van der Waals surface area contributed by atoms with Crippen LogP contribution in [0.5, 0.6) is 0 Å². The van der Waals surface area contributed by atoms with Gasteiger partial charge in [0, 0.05) is 6.21 Å². The molecule has 1 aliphatic heterocycles. The largest absolute Gasteiger partial charge is 0.315 e. The summed E-state index contributed by atoms with van der Waals surface area (Å²) in [5.74, 6) is 0. The second kappa shape index (κ2) is 1.12. The molecule has 0 aromatic carbocycles. The third-order valence-corrected chi connectivity index (χ3v) is 0.935. The van der Waals surface area contributed by atoms with Gasteiger partial charge in [-0.2, -0.15) is 5.10 Å². The van der Waals surface area contributed by atoms with E-state index in [0.717, 1.165) is 0 Å². The van der Waals surface area contributed by atoms with E-state index in [-0.39, 0.29) is 0 Å². The average molecular weight is 83.1 g/mol. The lowest BCUT2D eigenvalue weighted by Crippen LogP contribution is -1.96. The Hall–Kier alpha value is -0.443. The molecule has 0 amide bonds. The van der Waals surface area contributed by atoms with Crippen LogP contribution in [0.3, 0.4) is 0 Å². The molecule has 0 aromatic rings. The summed E-state index contributed by atoms with van der Waals surface area (Å²) in [6, 6.07) is 0. The highest BCUT2D eigenvalue weighted by Crippen LogP contribution is 1.50. The number of nitrogens with one attached hydrogen (secondary N) is 1. The van der Waals surface area contributed by atoms with Gasteiger partial charge in [0.05, 0.1) is 0 Å². The van der Waals surface area contributed by atoms with Crippen molar-refractivity contribution in [1.29, 1.82) is 0 Å². The minimum atomic E-state index is 0.711. The first-order valence-corrected chi connectivity index (χ1v) is 2.43. The van der Waals surface area contributed by atoms with Gasteiger partial charge in [0.15, 0.2) is 9.29 Å². The SMILES string of the molecule is C1=NN[Si]=C1. The Morgan fingerprint density at radius 2 is 2.80 bits per heavy atom. The molecular formula is C2H3N2Si. The van der Waals surface area contributed by atoms with Crippen molar-refractivity contribution >= 4 is 21.2 Å². The van der Waals surface area contributed by atoms with Crippen molar-refractivity contribution in [2.45, 2.75) is 0 Å². The van der Waals surface area contributed by atoms with Crippen molar-refractivity contribution in [3.8, 4) is 0 Å². The maximum atomic E-state index is 3.67. The average Bonchev–Trinajstić information content (AvgIpc) is 1.76. The zero-order valence-corrected chi connectivity index (χ0v) is 3.60. The van der Waals surface area contributed by atoms with Crippen LogP contribution in [0.1, 0.15) is 0 Å². The molecule has 0 saturated carbocycles. The Balaban J connectivity index is 2.61. The van der Waals surface area contributed by atoms with Crippen molar-refractivity contribution in [3.05, 3.63) is 0 Å². The van der Waals surface area contributed by atoms with Gasteiger partial charge in [-0.25, -0.2) is 0 Å². The molecule has 25 valence electrons. The molecule has 1 N–H and O–H groups in total. The van der Waals surface area contributed by atoms with Crippen LogP contribution in [0.25, 0.3) is 0 Å². The van der Waals surface area contributed by atoms with Gasteiger partial charge >= 0.3 is 0 Å². The standard InChI is InChI=1S/C2H3N2Si/c1-2-5-4-3-1/h1-2,4H. The maximum Gasteiger partial charge on any atom is 0.180 e. The van der Waals surface area contributed by atoms with Gasteiger partial charge in [0.1, 0.15) is 0 Å². The lowest BCUT2D eigenvalue weighted by molar-refractivity contribution is 1.11. The van der Waals surface area contributed by atoms with E-state index in [9.17, 15) is 0 Å². The zero-order chi connectivity index (χ0) is 3.54. The van der Waals surface area contributed by atoms with Crippen LogP contribution < -0.4 is 5.09 Å². The molecule has 1 radical (unpaired) electrons. The second-order valence-electron chi connectivity index (χ2n) is 0.701. The Bertz CT molecular complexity index is 65.7. The summed E-state index contributed by atoms with van der Waals surface area (Å²) < 4.78 is 0. The van der Waals surface area contributed by atoms with Crippen LogP contribution in [-0.4, -0.2) is 21.2 Å². The predicted molar refractivity (Wildman–Crippen MR) is 23.4 cm³/mol. The fourth-order valence-corrected chi connectivity index (χ4v) is 0.559. The fourth-order valence-electron chi connectivity index (χ4n) is 0.186. The zero-order valence-electron chi connectivity index (χ0n) is 2.60. The van der Waals surface area contributed by atoms with E-state index in [1.54, 1.807) is 6.21 Å². The first-order chi connectivity index (χ1) is 2.50. The van der Waals surface area contributed by atoms with E-state index >= 15 is 0 Å². The molecule has 1 rings (SSSR count). The van der Waals surface area contributed by atoms with Gasteiger partial charge in [-0.1, -0.05) is 0 Å². The topological polar surface area (TPSA) is 24.4 Å². The van der Waals surface area contributed by atoms with E-state index in [4.69, 9.17) is 0 Å². The second-order valence-corrected chi connectivity index (χ2v) is 1.55. The van der Waals surface area contributed by atoms with Crippen molar-refractivity contribution in [3.63, 3.8) is 0 Å². The summed E-state index contributed by atoms with van der Waals surface area (Å²) >= 11 is 0.